The van der Waals surface area contributed by atoms with E-state index in [2.05, 4.69) is 45.1 Å². The standard InChI is InChI=1S/C77H146O6/c1-4-7-10-13-16-18-20-22-24-26-28-30-32-33-34-35-36-37-38-39-40-41-42-43-45-46-48-50-52-54-56-58-61-64-67-70-76(79)82-73-74(72-81-75(78)69-66-63-60-15-12-9-6-3)83-77(80)71-68-65-62-59-57-55-53-51-49-47-44-31-29-27-25-23-21-19-17-14-11-8-5-2/h26-29,74H,4-25,30-73H2,1-3H3/b28-26-,29-27-. The van der Waals surface area contributed by atoms with E-state index in [1.54, 1.807) is 0 Å². The summed E-state index contributed by atoms with van der Waals surface area (Å²) in [4.78, 5) is 38.2. The second-order valence-corrected chi connectivity index (χ2v) is 25.9. The van der Waals surface area contributed by atoms with E-state index in [0.717, 1.165) is 57.8 Å². The highest BCUT2D eigenvalue weighted by Gasteiger charge is 2.20. The molecular formula is C77H146O6. The summed E-state index contributed by atoms with van der Waals surface area (Å²) in [6.45, 7) is 6.67. The van der Waals surface area contributed by atoms with Gasteiger partial charge < -0.3 is 14.2 Å². The lowest BCUT2D eigenvalue weighted by Crippen LogP contribution is -2.30. The Bertz CT molecular complexity index is 1340. The molecule has 0 saturated carbocycles. The summed E-state index contributed by atoms with van der Waals surface area (Å²) < 4.78 is 16.9. The molecule has 0 heterocycles. The van der Waals surface area contributed by atoms with Crippen LogP contribution in [0.3, 0.4) is 0 Å². The average Bonchev–Trinajstić information content (AvgIpc) is 3.49. The Morgan fingerprint density at radius 1 is 0.229 bits per heavy atom. The Morgan fingerprint density at radius 2 is 0.398 bits per heavy atom. The van der Waals surface area contributed by atoms with Gasteiger partial charge in [-0.05, 0) is 70.6 Å². The van der Waals surface area contributed by atoms with E-state index in [-0.39, 0.29) is 31.1 Å². The minimum Gasteiger partial charge on any atom is -0.462 e. The molecule has 0 bridgehead atoms. The van der Waals surface area contributed by atoms with Crippen molar-refractivity contribution in [3.63, 3.8) is 0 Å². The molecule has 0 spiro atoms. The average molecular weight is 1170 g/mol. The second kappa shape index (κ2) is 72.4. The van der Waals surface area contributed by atoms with Crippen LogP contribution < -0.4 is 0 Å². The smallest absolute Gasteiger partial charge is 0.306 e. The molecule has 0 radical (unpaired) electrons. The largest absolute Gasteiger partial charge is 0.462 e. The number of carbonyl (C=O) groups excluding carboxylic acids is 3. The first kappa shape index (κ1) is 80.9. The zero-order valence-electron chi connectivity index (χ0n) is 56.5. The number of carbonyl (C=O) groups is 3. The highest BCUT2D eigenvalue weighted by Crippen LogP contribution is 2.19. The third-order valence-electron chi connectivity index (χ3n) is 17.4. The van der Waals surface area contributed by atoms with Crippen LogP contribution in [0.2, 0.25) is 0 Å². The van der Waals surface area contributed by atoms with Crippen molar-refractivity contribution in [3.8, 4) is 0 Å². The number of ether oxygens (including phenoxy) is 3. The quantitative estimate of drug-likeness (QED) is 0.0261. The third-order valence-corrected chi connectivity index (χ3v) is 17.4. The Balaban J connectivity index is 3.93. The van der Waals surface area contributed by atoms with Crippen molar-refractivity contribution in [1.29, 1.82) is 0 Å². The van der Waals surface area contributed by atoms with Crippen LogP contribution in [0, 0.1) is 0 Å². The highest BCUT2D eigenvalue weighted by atomic mass is 16.6. The van der Waals surface area contributed by atoms with Gasteiger partial charge in [0.2, 0.25) is 0 Å². The summed E-state index contributed by atoms with van der Waals surface area (Å²) >= 11 is 0. The molecule has 1 atom stereocenters. The molecule has 6 heteroatoms. The predicted molar refractivity (Wildman–Crippen MR) is 363 cm³/mol. The molecule has 0 aromatic rings. The Hall–Kier alpha value is -2.11. The molecule has 0 amide bonds. The molecule has 0 aliphatic carbocycles. The molecule has 83 heavy (non-hydrogen) atoms. The third kappa shape index (κ3) is 70.5. The fourth-order valence-corrected chi connectivity index (χ4v) is 11.7. The van der Waals surface area contributed by atoms with Crippen molar-refractivity contribution < 1.29 is 28.6 Å². The van der Waals surface area contributed by atoms with Gasteiger partial charge in [-0.1, -0.05) is 366 Å². The normalized spacial score (nSPS) is 12.1. The van der Waals surface area contributed by atoms with Crippen molar-refractivity contribution in [1.82, 2.24) is 0 Å². The second-order valence-electron chi connectivity index (χ2n) is 25.9. The van der Waals surface area contributed by atoms with Crippen molar-refractivity contribution in [2.75, 3.05) is 13.2 Å². The van der Waals surface area contributed by atoms with Crippen molar-refractivity contribution >= 4 is 17.9 Å². The maximum Gasteiger partial charge on any atom is 0.306 e. The first-order chi connectivity index (χ1) is 41.0. The zero-order chi connectivity index (χ0) is 59.9. The van der Waals surface area contributed by atoms with E-state index in [9.17, 15) is 14.4 Å². The number of allylic oxidation sites excluding steroid dienone is 4. The van der Waals surface area contributed by atoms with Gasteiger partial charge in [0.05, 0.1) is 0 Å². The van der Waals surface area contributed by atoms with E-state index in [0.29, 0.717) is 19.3 Å². The molecule has 0 rings (SSSR count). The molecule has 0 fully saturated rings. The fourth-order valence-electron chi connectivity index (χ4n) is 11.7. The van der Waals surface area contributed by atoms with Gasteiger partial charge in [0.25, 0.3) is 0 Å². The number of esters is 3. The van der Waals surface area contributed by atoms with E-state index >= 15 is 0 Å². The number of hydrogen-bond acceptors (Lipinski definition) is 6. The van der Waals surface area contributed by atoms with E-state index < -0.39 is 6.10 Å². The molecule has 0 aliphatic rings. The van der Waals surface area contributed by atoms with Gasteiger partial charge in [0.1, 0.15) is 13.2 Å². The van der Waals surface area contributed by atoms with Crippen molar-refractivity contribution in [2.24, 2.45) is 0 Å². The van der Waals surface area contributed by atoms with E-state index in [4.69, 9.17) is 14.2 Å². The number of rotatable bonds is 71. The minimum absolute atomic E-state index is 0.0652. The molecule has 0 aromatic heterocycles. The lowest BCUT2D eigenvalue weighted by molar-refractivity contribution is -0.167. The van der Waals surface area contributed by atoms with Gasteiger partial charge in [-0.15, -0.1) is 0 Å². The maximum absolute atomic E-state index is 12.9. The summed E-state index contributed by atoms with van der Waals surface area (Å²) in [5, 5.41) is 0. The highest BCUT2D eigenvalue weighted by molar-refractivity contribution is 5.71. The van der Waals surface area contributed by atoms with Crippen LogP contribution in [0.15, 0.2) is 24.3 Å². The van der Waals surface area contributed by atoms with Crippen LogP contribution in [0.4, 0.5) is 0 Å². The number of hydrogen-bond donors (Lipinski definition) is 0. The Kier molecular flexibility index (Phi) is 70.5. The van der Waals surface area contributed by atoms with Crippen LogP contribution in [-0.2, 0) is 28.6 Å². The van der Waals surface area contributed by atoms with Gasteiger partial charge in [0.15, 0.2) is 6.10 Å². The van der Waals surface area contributed by atoms with E-state index in [1.807, 2.05) is 0 Å². The molecule has 490 valence electrons. The summed E-state index contributed by atoms with van der Waals surface area (Å²) in [6, 6.07) is 0. The van der Waals surface area contributed by atoms with Gasteiger partial charge >= 0.3 is 17.9 Å². The summed E-state index contributed by atoms with van der Waals surface area (Å²) in [5.41, 5.74) is 0. The lowest BCUT2D eigenvalue weighted by Gasteiger charge is -2.18. The first-order valence-electron chi connectivity index (χ1n) is 37.8. The van der Waals surface area contributed by atoms with Gasteiger partial charge in [-0.2, -0.15) is 0 Å². The monoisotopic (exact) mass is 1170 g/mol. The van der Waals surface area contributed by atoms with Crippen LogP contribution in [0.1, 0.15) is 432 Å². The maximum atomic E-state index is 12.9. The predicted octanol–water partition coefficient (Wildman–Crippen LogP) is 26.1. The minimum atomic E-state index is -0.766. The summed E-state index contributed by atoms with van der Waals surface area (Å²) in [5.74, 6) is -0.843. The van der Waals surface area contributed by atoms with Crippen LogP contribution in [0.25, 0.3) is 0 Å². The summed E-state index contributed by atoms with van der Waals surface area (Å²) in [7, 11) is 0. The molecule has 1 unspecified atom stereocenters. The van der Waals surface area contributed by atoms with Crippen LogP contribution >= 0.6 is 0 Å². The molecule has 6 nitrogen and oxygen atoms in total. The van der Waals surface area contributed by atoms with Crippen molar-refractivity contribution in [2.45, 2.75) is 438 Å². The topological polar surface area (TPSA) is 78.9 Å². The Morgan fingerprint density at radius 3 is 0.602 bits per heavy atom. The molecule has 0 aliphatic heterocycles. The first-order valence-corrected chi connectivity index (χ1v) is 37.8. The Labute approximate surface area is 519 Å². The fraction of sp³-hybridized carbons (Fsp3) is 0.909. The molecule has 0 N–H and O–H groups in total. The summed E-state index contributed by atoms with van der Waals surface area (Å²) in [6.07, 6.45) is 89.9. The van der Waals surface area contributed by atoms with Crippen LogP contribution in [-0.4, -0.2) is 37.2 Å². The van der Waals surface area contributed by atoms with Crippen molar-refractivity contribution in [3.05, 3.63) is 24.3 Å². The molecule has 0 aromatic carbocycles. The zero-order valence-corrected chi connectivity index (χ0v) is 56.5. The SMILES string of the molecule is CCCCCCCCCC/C=C\CCCCCCCCCCCCCCCCCCCCCCCCCC(=O)OCC(COC(=O)CCCCCCCCC)OC(=O)CCCCCCCCCCCCC/C=C\CCCCCCCCCC. The van der Waals surface area contributed by atoms with Gasteiger partial charge in [0, 0.05) is 19.3 Å². The van der Waals surface area contributed by atoms with E-state index in [1.165, 1.54) is 334 Å². The molecule has 0 saturated heterocycles. The molecular weight excluding hydrogens is 1020 g/mol. The van der Waals surface area contributed by atoms with Crippen LogP contribution in [0.5, 0.6) is 0 Å². The van der Waals surface area contributed by atoms with Gasteiger partial charge in [-0.3, -0.25) is 14.4 Å². The number of unbranched alkanes of at least 4 members (excludes halogenated alkanes) is 56. The van der Waals surface area contributed by atoms with Gasteiger partial charge in [-0.25, -0.2) is 0 Å². The lowest BCUT2D eigenvalue weighted by atomic mass is 10.0.